The molecular formula is C15H27N3O. The van der Waals surface area contributed by atoms with Crippen LogP contribution in [0.2, 0.25) is 0 Å². The maximum Gasteiger partial charge on any atom is 0.151 e. The first-order chi connectivity index (χ1) is 9.21. The summed E-state index contributed by atoms with van der Waals surface area (Å²) in [4.78, 5) is 2.49. The lowest BCUT2D eigenvalue weighted by molar-refractivity contribution is 0.0847. The second-order valence-electron chi connectivity index (χ2n) is 5.80. The van der Waals surface area contributed by atoms with Gasteiger partial charge in [-0.3, -0.25) is 4.90 Å². The quantitative estimate of drug-likeness (QED) is 0.858. The molecular weight excluding hydrogens is 238 g/mol. The van der Waals surface area contributed by atoms with Crippen molar-refractivity contribution >= 4 is 0 Å². The van der Waals surface area contributed by atoms with E-state index in [0.717, 1.165) is 24.5 Å². The fraction of sp³-hybridized carbons (Fsp3) is 0.800. The number of rotatable bonds is 6. The van der Waals surface area contributed by atoms with Crippen LogP contribution >= 0.6 is 0 Å². The Morgan fingerprint density at radius 2 is 2.00 bits per heavy atom. The summed E-state index contributed by atoms with van der Waals surface area (Å²) in [6.45, 7) is 8.71. The first-order valence-electron chi connectivity index (χ1n) is 7.53. The molecule has 0 aliphatic carbocycles. The maximum atomic E-state index is 5.39. The highest BCUT2D eigenvalue weighted by Crippen LogP contribution is 2.38. The smallest absolute Gasteiger partial charge is 0.151 e. The zero-order valence-corrected chi connectivity index (χ0v) is 12.5. The molecule has 19 heavy (non-hydrogen) atoms. The topological polar surface area (TPSA) is 41.3 Å². The van der Waals surface area contributed by atoms with Crippen LogP contribution in [0.25, 0.3) is 0 Å². The van der Waals surface area contributed by atoms with Gasteiger partial charge < -0.3 is 9.84 Å². The molecule has 0 atom stereocenters. The molecule has 108 valence electrons. The zero-order valence-electron chi connectivity index (χ0n) is 12.5. The fourth-order valence-electron chi connectivity index (χ4n) is 3.06. The van der Waals surface area contributed by atoms with Crippen LogP contribution in [0.15, 0.2) is 10.6 Å². The monoisotopic (exact) mass is 265 g/mol. The highest BCUT2D eigenvalue weighted by molar-refractivity contribution is 5.05. The number of piperidine rings is 1. The molecule has 1 aliphatic heterocycles. The number of aromatic nitrogens is 1. The van der Waals surface area contributed by atoms with E-state index in [-0.39, 0.29) is 0 Å². The van der Waals surface area contributed by atoms with Crippen LogP contribution in [-0.2, 0) is 13.1 Å². The van der Waals surface area contributed by atoms with Gasteiger partial charge in [-0.2, -0.15) is 0 Å². The Hall–Kier alpha value is -0.870. The lowest BCUT2D eigenvalue weighted by Gasteiger charge is -2.40. The highest BCUT2D eigenvalue weighted by Gasteiger charge is 2.31. The van der Waals surface area contributed by atoms with Gasteiger partial charge in [0.15, 0.2) is 5.76 Å². The predicted octanol–water partition coefficient (Wildman–Crippen LogP) is 2.80. The molecule has 1 fully saturated rings. The van der Waals surface area contributed by atoms with Gasteiger partial charge in [-0.05, 0) is 38.4 Å². The van der Waals surface area contributed by atoms with Crippen LogP contribution in [0.5, 0.6) is 0 Å². The predicted molar refractivity (Wildman–Crippen MR) is 76.8 cm³/mol. The van der Waals surface area contributed by atoms with E-state index in [4.69, 9.17) is 4.52 Å². The summed E-state index contributed by atoms with van der Waals surface area (Å²) in [5.74, 6) is 0.991. The van der Waals surface area contributed by atoms with E-state index in [1.54, 1.807) is 0 Å². The fourth-order valence-corrected chi connectivity index (χ4v) is 3.06. The van der Waals surface area contributed by atoms with E-state index >= 15 is 0 Å². The SMILES string of the molecule is CCC1(CC)CCN(Cc2cc(CNC)no2)CC1. The molecule has 0 amide bonds. The van der Waals surface area contributed by atoms with Gasteiger partial charge in [-0.1, -0.05) is 31.8 Å². The Balaban J connectivity index is 1.84. The van der Waals surface area contributed by atoms with Gasteiger partial charge in [-0.15, -0.1) is 0 Å². The van der Waals surface area contributed by atoms with Crippen molar-refractivity contribution < 1.29 is 4.52 Å². The van der Waals surface area contributed by atoms with Crippen LogP contribution in [0.1, 0.15) is 51.0 Å². The minimum Gasteiger partial charge on any atom is -0.360 e. The van der Waals surface area contributed by atoms with E-state index in [9.17, 15) is 0 Å². The standard InChI is InChI=1S/C15H27N3O/c1-4-15(5-2)6-8-18(9-7-15)12-14-10-13(11-16-3)17-19-14/h10,16H,4-9,11-12H2,1-3H3. The van der Waals surface area contributed by atoms with Crippen LogP contribution < -0.4 is 5.32 Å². The second-order valence-corrected chi connectivity index (χ2v) is 5.80. The molecule has 1 aromatic heterocycles. The summed E-state index contributed by atoms with van der Waals surface area (Å²) in [5, 5.41) is 7.16. The molecule has 0 saturated carbocycles. The lowest BCUT2D eigenvalue weighted by atomic mass is 9.74. The van der Waals surface area contributed by atoms with Crippen LogP contribution in [0.3, 0.4) is 0 Å². The second kappa shape index (κ2) is 6.53. The minimum atomic E-state index is 0.592. The summed E-state index contributed by atoms with van der Waals surface area (Å²) in [5.41, 5.74) is 1.58. The molecule has 4 nitrogen and oxygen atoms in total. The van der Waals surface area contributed by atoms with Crippen molar-refractivity contribution in [1.29, 1.82) is 0 Å². The van der Waals surface area contributed by atoms with Crippen molar-refractivity contribution in [2.24, 2.45) is 5.41 Å². The largest absolute Gasteiger partial charge is 0.360 e. The van der Waals surface area contributed by atoms with Crippen LogP contribution in [0.4, 0.5) is 0 Å². The van der Waals surface area contributed by atoms with Gasteiger partial charge in [0.25, 0.3) is 0 Å². The Kier molecular flexibility index (Phi) is 4.99. The number of nitrogens with one attached hydrogen (secondary N) is 1. The third-order valence-electron chi connectivity index (χ3n) is 4.76. The van der Waals surface area contributed by atoms with E-state index in [1.807, 2.05) is 7.05 Å². The van der Waals surface area contributed by atoms with Crippen LogP contribution in [0, 0.1) is 5.41 Å². The summed E-state index contributed by atoms with van der Waals surface area (Å²) in [6.07, 6.45) is 5.26. The first-order valence-corrected chi connectivity index (χ1v) is 7.53. The summed E-state index contributed by atoms with van der Waals surface area (Å²) >= 11 is 0. The third kappa shape index (κ3) is 3.57. The summed E-state index contributed by atoms with van der Waals surface area (Å²) in [6, 6.07) is 2.07. The molecule has 0 unspecified atom stereocenters. The van der Waals surface area contributed by atoms with Gasteiger partial charge >= 0.3 is 0 Å². The van der Waals surface area contributed by atoms with Crippen molar-refractivity contribution in [3.05, 3.63) is 17.5 Å². The van der Waals surface area contributed by atoms with Gasteiger partial charge in [0.1, 0.15) is 0 Å². The normalized spacial score (nSPS) is 19.7. The van der Waals surface area contributed by atoms with Gasteiger partial charge in [0, 0.05) is 12.6 Å². The number of hydrogen-bond donors (Lipinski definition) is 1. The van der Waals surface area contributed by atoms with Crippen molar-refractivity contribution in [2.45, 2.75) is 52.6 Å². The van der Waals surface area contributed by atoms with Gasteiger partial charge in [0.05, 0.1) is 12.2 Å². The van der Waals surface area contributed by atoms with Gasteiger partial charge in [0.2, 0.25) is 0 Å². The average molecular weight is 265 g/mol. The molecule has 1 saturated heterocycles. The molecule has 0 spiro atoms. The first kappa shape index (κ1) is 14.5. The molecule has 1 aromatic rings. The van der Waals surface area contributed by atoms with E-state index in [2.05, 4.69) is 35.3 Å². The number of nitrogens with zero attached hydrogens (tertiary/aromatic N) is 2. The number of likely N-dealkylation sites (tertiary alicyclic amines) is 1. The average Bonchev–Trinajstić information content (AvgIpc) is 2.88. The van der Waals surface area contributed by atoms with Gasteiger partial charge in [-0.25, -0.2) is 0 Å². The van der Waals surface area contributed by atoms with E-state index < -0.39 is 0 Å². The highest BCUT2D eigenvalue weighted by atomic mass is 16.5. The van der Waals surface area contributed by atoms with Crippen molar-refractivity contribution in [3.8, 4) is 0 Å². The molecule has 1 N–H and O–H groups in total. The Morgan fingerprint density at radius 1 is 1.32 bits per heavy atom. The molecule has 0 aromatic carbocycles. The van der Waals surface area contributed by atoms with Crippen molar-refractivity contribution in [1.82, 2.24) is 15.4 Å². The Bertz CT molecular complexity index is 374. The maximum absolute atomic E-state index is 5.39. The Morgan fingerprint density at radius 3 is 2.58 bits per heavy atom. The molecule has 4 heteroatoms. The van der Waals surface area contributed by atoms with E-state index in [1.165, 1.54) is 38.8 Å². The summed E-state index contributed by atoms with van der Waals surface area (Å²) in [7, 11) is 1.92. The Labute approximate surface area is 116 Å². The van der Waals surface area contributed by atoms with Crippen molar-refractivity contribution in [3.63, 3.8) is 0 Å². The number of hydrogen-bond acceptors (Lipinski definition) is 4. The summed E-state index contributed by atoms with van der Waals surface area (Å²) < 4.78 is 5.39. The molecule has 1 aliphatic rings. The van der Waals surface area contributed by atoms with Crippen LogP contribution in [-0.4, -0.2) is 30.2 Å². The van der Waals surface area contributed by atoms with Crippen molar-refractivity contribution in [2.75, 3.05) is 20.1 Å². The molecule has 0 radical (unpaired) electrons. The van der Waals surface area contributed by atoms with E-state index in [0.29, 0.717) is 5.41 Å². The third-order valence-corrected chi connectivity index (χ3v) is 4.76. The minimum absolute atomic E-state index is 0.592. The lowest BCUT2D eigenvalue weighted by Crippen LogP contribution is -2.39. The zero-order chi connectivity index (χ0) is 13.7. The molecule has 2 heterocycles. The molecule has 2 rings (SSSR count). The molecule has 0 bridgehead atoms.